The molecule has 2 N–H and O–H groups in total. The molecule has 0 bridgehead atoms. The number of aryl methyl sites for hydroxylation is 1. The van der Waals surface area contributed by atoms with E-state index in [-0.39, 0.29) is 11.4 Å². The number of sulfone groups is 1. The van der Waals surface area contributed by atoms with Gasteiger partial charge in [-0.1, -0.05) is 0 Å². The lowest BCUT2D eigenvalue weighted by atomic mass is 10.4. The SMILES string of the molecule is CC(C)S(=O)(=O)C(=O)c1c(N)cnn1C. The molecule has 0 saturated carbocycles. The zero-order valence-electron chi connectivity index (χ0n) is 8.76. The van der Waals surface area contributed by atoms with Gasteiger partial charge in [-0.25, -0.2) is 8.42 Å². The van der Waals surface area contributed by atoms with Crippen LogP contribution in [0.1, 0.15) is 24.3 Å². The van der Waals surface area contributed by atoms with Gasteiger partial charge < -0.3 is 5.73 Å². The average Bonchev–Trinajstić information content (AvgIpc) is 2.45. The summed E-state index contributed by atoms with van der Waals surface area (Å²) in [6.45, 7) is 2.89. The monoisotopic (exact) mass is 231 g/mol. The Morgan fingerprint density at radius 1 is 1.53 bits per heavy atom. The second kappa shape index (κ2) is 3.65. The third-order valence-electron chi connectivity index (χ3n) is 2.04. The van der Waals surface area contributed by atoms with E-state index in [9.17, 15) is 13.2 Å². The van der Waals surface area contributed by atoms with Crippen molar-refractivity contribution < 1.29 is 13.2 Å². The van der Waals surface area contributed by atoms with Crippen molar-refractivity contribution in [2.45, 2.75) is 19.1 Å². The number of carbonyl (C=O) groups excluding carboxylic acids is 1. The number of aromatic nitrogens is 2. The minimum atomic E-state index is -3.82. The van der Waals surface area contributed by atoms with Gasteiger partial charge in [-0.3, -0.25) is 9.48 Å². The molecule has 84 valence electrons. The Bertz CT molecular complexity index is 468. The fourth-order valence-electron chi connectivity index (χ4n) is 1.05. The Balaban J connectivity index is 3.29. The van der Waals surface area contributed by atoms with Gasteiger partial charge in [0.2, 0.25) is 9.84 Å². The minimum Gasteiger partial charge on any atom is -0.396 e. The highest BCUT2D eigenvalue weighted by atomic mass is 32.2. The number of nitrogen functional groups attached to an aromatic ring is 1. The summed E-state index contributed by atoms with van der Waals surface area (Å²) in [6, 6.07) is 0. The molecular weight excluding hydrogens is 218 g/mol. The highest BCUT2D eigenvalue weighted by Gasteiger charge is 2.31. The average molecular weight is 231 g/mol. The van der Waals surface area contributed by atoms with Crippen molar-refractivity contribution in [3.05, 3.63) is 11.9 Å². The van der Waals surface area contributed by atoms with Crippen molar-refractivity contribution in [3.63, 3.8) is 0 Å². The van der Waals surface area contributed by atoms with Gasteiger partial charge in [0.05, 0.1) is 17.1 Å². The molecule has 15 heavy (non-hydrogen) atoms. The topological polar surface area (TPSA) is 95.1 Å². The fourth-order valence-corrected chi connectivity index (χ4v) is 2.00. The van der Waals surface area contributed by atoms with E-state index in [0.717, 1.165) is 4.68 Å². The maximum Gasteiger partial charge on any atom is 0.296 e. The van der Waals surface area contributed by atoms with Crippen LogP contribution in [0.3, 0.4) is 0 Å². The van der Waals surface area contributed by atoms with Crippen LogP contribution in [0.15, 0.2) is 6.20 Å². The molecule has 0 aliphatic heterocycles. The van der Waals surface area contributed by atoms with Crippen LogP contribution >= 0.6 is 0 Å². The standard InChI is InChI=1S/C8H13N3O3S/c1-5(2)15(13,14)8(12)7-6(9)4-10-11(7)3/h4-5H,9H2,1-3H3. The molecule has 0 saturated heterocycles. The lowest BCUT2D eigenvalue weighted by molar-refractivity contribution is 0.106. The number of anilines is 1. The highest BCUT2D eigenvalue weighted by Crippen LogP contribution is 2.16. The zero-order chi connectivity index (χ0) is 11.8. The molecule has 0 amide bonds. The van der Waals surface area contributed by atoms with Crippen LogP contribution in [0.2, 0.25) is 0 Å². The summed E-state index contributed by atoms with van der Waals surface area (Å²) < 4.78 is 24.3. The Kier molecular flexibility index (Phi) is 2.85. The van der Waals surface area contributed by atoms with Crippen molar-refractivity contribution >= 4 is 20.6 Å². The summed E-state index contributed by atoms with van der Waals surface area (Å²) in [5, 5.41) is 1.98. The lowest BCUT2D eigenvalue weighted by Gasteiger charge is -2.06. The molecule has 0 atom stereocenters. The Labute approximate surface area is 88.0 Å². The van der Waals surface area contributed by atoms with E-state index in [2.05, 4.69) is 5.10 Å². The molecule has 0 radical (unpaired) electrons. The Morgan fingerprint density at radius 2 is 2.07 bits per heavy atom. The third-order valence-corrected chi connectivity index (χ3v) is 3.99. The van der Waals surface area contributed by atoms with Gasteiger partial charge in [0.25, 0.3) is 5.12 Å². The molecule has 1 aromatic heterocycles. The van der Waals surface area contributed by atoms with E-state index < -0.39 is 20.2 Å². The van der Waals surface area contributed by atoms with Crippen molar-refractivity contribution in [1.29, 1.82) is 0 Å². The summed E-state index contributed by atoms with van der Waals surface area (Å²) in [6.07, 6.45) is 1.25. The van der Waals surface area contributed by atoms with Crippen LogP contribution in [0.25, 0.3) is 0 Å². The Morgan fingerprint density at radius 3 is 2.40 bits per heavy atom. The fraction of sp³-hybridized carbons (Fsp3) is 0.500. The molecule has 7 heteroatoms. The molecule has 0 unspecified atom stereocenters. The molecule has 1 heterocycles. The predicted molar refractivity (Wildman–Crippen MR) is 56.0 cm³/mol. The first-order chi connectivity index (χ1) is 6.78. The number of nitrogens with zero attached hydrogens (tertiary/aromatic N) is 2. The summed E-state index contributed by atoms with van der Waals surface area (Å²) in [4.78, 5) is 11.7. The summed E-state index contributed by atoms with van der Waals surface area (Å²) in [5.74, 6) is 0. The second-order valence-corrected chi connectivity index (χ2v) is 5.86. The van der Waals surface area contributed by atoms with Crippen LogP contribution in [-0.4, -0.2) is 28.6 Å². The molecule has 0 spiro atoms. The van der Waals surface area contributed by atoms with Crippen LogP contribution in [-0.2, 0) is 16.9 Å². The van der Waals surface area contributed by atoms with Gasteiger partial charge in [0.1, 0.15) is 5.69 Å². The predicted octanol–water partition coefficient (Wildman–Crippen LogP) is -0.0343. The first-order valence-electron chi connectivity index (χ1n) is 4.34. The molecule has 6 nitrogen and oxygen atoms in total. The van der Waals surface area contributed by atoms with Gasteiger partial charge in [0.15, 0.2) is 0 Å². The number of hydrogen-bond donors (Lipinski definition) is 1. The minimum absolute atomic E-state index is 0.0757. The van der Waals surface area contributed by atoms with E-state index in [1.54, 1.807) is 0 Å². The maximum atomic E-state index is 11.7. The summed E-state index contributed by atoms with van der Waals surface area (Å²) >= 11 is 0. The van der Waals surface area contributed by atoms with E-state index in [1.807, 2.05) is 0 Å². The van der Waals surface area contributed by atoms with Gasteiger partial charge in [0, 0.05) is 7.05 Å². The smallest absolute Gasteiger partial charge is 0.296 e. The van der Waals surface area contributed by atoms with Crippen LogP contribution in [0.5, 0.6) is 0 Å². The lowest BCUT2D eigenvalue weighted by Crippen LogP contribution is -2.26. The highest BCUT2D eigenvalue weighted by molar-refractivity contribution is 8.07. The maximum absolute atomic E-state index is 11.7. The van der Waals surface area contributed by atoms with E-state index in [4.69, 9.17) is 5.73 Å². The van der Waals surface area contributed by atoms with Gasteiger partial charge in [-0.2, -0.15) is 5.10 Å². The van der Waals surface area contributed by atoms with E-state index in [0.29, 0.717) is 0 Å². The first-order valence-corrected chi connectivity index (χ1v) is 5.88. The van der Waals surface area contributed by atoms with Crippen LogP contribution in [0.4, 0.5) is 5.69 Å². The van der Waals surface area contributed by atoms with E-state index in [1.165, 1.54) is 27.1 Å². The number of carbonyl (C=O) groups is 1. The molecule has 0 aliphatic rings. The molecule has 0 fully saturated rings. The zero-order valence-corrected chi connectivity index (χ0v) is 9.58. The Hall–Kier alpha value is -1.37. The number of nitrogens with two attached hydrogens (primary N) is 1. The normalized spacial score (nSPS) is 12.0. The molecular formula is C8H13N3O3S. The van der Waals surface area contributed by atoms with E-state index >= 15 is 0 Å². The molecule has 1 rings (SSSR count). The van der Waals surface area contributed by atoms with Crippen LogP contribution in [0, 0.1) is 0 Å². The van der Waals surface area contributed by atoms with Gasteiger partial charge in [-0.05, 0) is 13.8 Å². The summed E-state index contributed by atoms with van der Waals surface area (Å²) in [7, 11) is -2.35. The van der Waals surface area contributed by atoms with Crippen molar-refractivity contribution in [2.24, 2.45) is 7.05 Å². The number of rotatable bonds is 2. The second-order valence-electron chi connectivity index (χ2n) is 3.45. The van der Waals surface area contributed by atoms with Gasteiger partial charge in [-0.15, -0.1) is 0 Å². The number of hydrogen-bond acceptors (Lipinski definition) is 5. The van der Waals surface area contributed by atoms with Crippen molar-refractivity contribution in [3.8, 4) is 0 Å². The van der Waals surface area contributed by atoms with Crippen molar-refractivity contribution in [2.75, 3.05) is 5.73 Å². The quantitative estimate of drug-likeness (QED) is 0.771. The largest absolute Gasteiger partial charge is 0.396 e. The van der Waals surface area contributed by atoms with Gasteiger partial charge >= 0.3 is 0 Å². The molecule has 0 aliphatic carbocycles. The molecule has 1 aromatic rings. The third kappa shape index (κ3) is 1.87. The molecule has 0 aromatic carbocycles. The van der Waals surface area contributed by atoms with Crippen molar-refractivity contribution in [1.82, 2.24) is 9.78 Å². The summed E-state index contributed by atoms with van der Waals surface area (Å²) in [5.41, 5.74) is 5.47. The van der Waals surface area contributed by atoms with Crippen LogP contribution < -0.4 is 5.73 Å². The first kappa shape index (κ1) is 11.7.